The molecular weight excluding hydrogens is 368 g/mol. The first-order chi connectivity index (χ1) is 13.0. The lowest BCUT2D eigenvalue weighted by Crippen LogP contribution is -2.34. The van der Waals surface area contributed by atoms with E-state index in [9.17, 15) is 8.78 Å². The number of nitrogens with two attached hydrogens (primary N) is 1. The maximum absolute atomic E-state index is 14.2. The summed E-state index contributed by atoms with van der Waals surface area (Å²) in [6, 6.07) is 13.0. The predicted molar refractivity (Wildman–Crippen MR) is 99.1 cm³/mol. The van der Waals surface area contributed by atoms with Crippen LogP contribution in [0.15, 0.2) is 57.9 Å². The fourth-order valence-electron chi connectivity index (χ4n) is 3.36. The Morgan fingerprint density at radius 1 is 1.07 bits per heavy atom. The lowest BCUT2D eigenvalue weighted by Gasteiger charge is -2.18. The third-order valence-corrected chi connectivity index (χ3v) is 6.14. The van der Waals surface area contributed by atoms with E-state index in [-0.39, 0.29) is 0 Å². The molecule has 0 aliphatic heterocycles. The summed E-state index contributed by atoms with van der Waals surface area (Å²) in [6.07, 6.45) is 3.72. The van der Waals surface area contributed by atoms with E-state index in [0.29, 0.717) is 16.6 Å². The van der Waals surface area contributed by atoms with Crippen LogP contribution in [0, 0.1) is 11.6 Å². The highest BCUT2D eigenvalue weighted by Gasteiger charge is 2.37. The summed E-state index contributed by atoms with van der Waals surface area (Å²) in [5.41, 5.74) is 6.76. The molecule has 1 aliphatic rings. The van der Waals surface area contributed by atoms with Crippen LogP contribution in [0.5, 0.6) is 0 Å². The van der Waals surface area contributed by atoms with Gasteiger partial charge in [0, 0.05) is 11.0 Å². The monoisotopic (exact) mass is 387 g/mol. The summed E-state index contributed by atoms with van der Waals surface area (Å²) >= 11 is 1.21. The third-order valence-electron chi connectivity index (χ3n) is 4.85. The molecule has 2 aromatic carbocycles. The molecule has 1 atom stereocenters. The van der Waals surface area contributed by atoms with Crippen LogP contribution in [0.1, 0.15) is 48.2 Å². The number of hydrogen-bond acceptors (Lipinski definition) is 5. The van der Waals surface area contributed by atoms with Crippen molar-refractivity contribution in [2.24, 2.45) is 5.73 Å². The Kier molecular flexibility index (Phi) is 4.97. The molecule has 0 amide bonds. The molecule has 27 heavy (non-hydrogen) atoms. The number of nitrogens with zero attached hydrogens (tertiary/aromatic N) is 2. The van der Waals surface area contributed by atoms with E-state index in [1.54, 1.807) is 0 Å². The van der Waals surface area contributed by atoms with Gasteiger partial charge >= 0.3 is 0 Å². The van der Waals surface area contributed by atoms with E-state index in [4.69, 9.17) is 10.3 Å². The highest BCUT2D eigenvalue weighted by molar-refractivity contribution is 7.99. The quantitative estimate of drug-likeness (QED) is 0.627. The van der Waals surface area contributed by atoms with Crippen molar-refractivity contribution in [3.63, 3.8) is 0 Å². The van der Waals surface area contributed by atoms with Crippen molar-refractivity contribution in [1.29, 1.82) is 0 Å². The van der Waals surface area contributed by atoms with Crippen molar-refractivity contribution in [3.8, 4) is 0 Å². The molecule has 140 valence electrons. The van der Waals surface area contributed by atoms with Gasteiger partial charge in [0.05, 0.1) is 5.54 Å². The van der Waals surface area contributed by atoms with Gasteiger partial charge in [-0.05, 0) is 30.5 Å². The van der Waals surface area contributed by atoms with Crippen LogP contribution in [-0.4, -0.2) is 10.1 Å². The first kappa shape index (κ1) is 18.1. The van der Waals surface area contributed by atoms with Gasteiger partial charge in [-0.25, -0.2) is 8.78 Å². The molecule has 1 aliphatic carbocycles. The summed E-state index contributed by atoms with van der Waals surface area (Å²) in [5.74, 6) is -0.371. The average Bonchev–Trinajstić information content (AvgIpc) is 3.32. The fraction of sp³-hybridized carbons (Fsp3) is 0.300. The minimum absolute atomic E-state index is 0.313. The number of halogens is 2. The van der Waals surface area contributed by atoms with E-state index in [1.165, 1.54) is 23.9 Å². The van der Waals surface area contributed by atoms with Crippen molar-refractivity contribution in [2.75, 3.05) is 0 Å². The van der Waals surface area contributed by atoms with Gasteiger partial charge in [-0.15, -0.1) is 11.8 Å². The van der Waals surface area contributed by atoms with Crippen LogP contribution in [0.3, 0.4) is 0 Å². The third kappa shape index (κ3) is 3.75. The molecule has 1 aromatic heterocycles. The highest BCUT2D eigenvalue weighted by atomic mass is 32.2. The zero-order valence-corrected chi connectivity index (χ0v) is 15.4. The molecule has 2 N–H and O–H groups in total. The van der Waals surface area contributed by atoms with Gasteiger partial charge in [0.25, 0.3) is 0 Å². The van der Waals surface area contributed by atoms with Gasteiger partial charge in [0.15, 0.2) is 5.82 Å². The van der Waals surface area contributed by atoms with Crippen molar-refractivity contribution < 1.29 is 13.3 Å². The molecule has 1 unspecified atom stereocenters. The molecule has 0 radical (unpaired) electrons. The lowest BCUT2D eigenvalue weighted by atomic mass is 9.99. The van der Waals surface area contributed by atoms with E-state index in [0.717, 1.165) is 37.3 Å². The van der Waals surface area contributed by atoms with E-state index in [2.05, 4.69) is 10.1 Å². The zero-order valence-electron chi connectivity index (χ0n) is 14.6. The van der Waals surface area contributed by atoms with Gasteiger partial charge in [-0.2, -0.15) is 4.98 Å². The Morgan fingerprint density at radius 3 is 2.52 bits per heavy atom. The minimum atomic E-state index is -0.619. The number of benzene rings is 2. The number of thioether (sulfide) groups is 1. The van der Waals surface area contributed by atoms with Crippen LogP contribution >= 0.6 is 11.8 Å². The van der Waals surface area contributed by atoms with E-state index < -0.39 is 22.4 Å². The number of rotatable bonds is 5. The average molecular weight is 387 g/mol. The van der Waals surface area contributed by atoms with Crippen LogP contribution in [0.4, 0.5) is 8.78 Å². The topological polar surface area (TPSA) is 64.9 Å². The molecule has 4 nitrogen and oxygen atoms in total. The van der Waals surface area contributed by atoms with Gasteiger partial charge in [-0.3, -0.25) is 0 Å². The van der Waals surface area contributed by atoms with Crippen molar-refractivity contribution in [2.45, 2.75) is 41.4 Å². The Labute approximate surface area is 160 Å². The van der Waals surface area contributed by atoms with Crippen molar-refractivity contribution in [1.82, 2.24) is 10.1 Å². The Hall–Kier alpha value is -2.25. The highest BCUT2D eigenvalue weighted by Crippen LogP contribution is 2.42. The largest absolute Gasteiger partial charge is 0.338 e. The summed E-state index contributed by atoms with van der Waals surface area (Å²) in [6.45, 7) is 0. The second-order valence-electron chi connectivity index (χ2n) is 6.80. The first-order valence-corrected chi connectivity index (χ1v) is 9.73. The molecule has 0 bridgehead atoms. The Balaban J connectivity index is 1.70. The predicted octanol–water partition coefficient (Wildman–Crippen LogP) is 4.96. The molecular formula is C20H19F2N3OS. The van der Waals surface area contributed by atoms with Crippen LogP contribution < -0.4 is 5.73 Å². The molecule has 3 aromatic rings. The van der Waals surface area contributed by atoms with Gasteiger partial charge in [-0.1, -0.05) is 48.3 Å². The Bertz CT molecular complexity index is 926. The summed E-state index contributed by atoms with van der Waals surface area (Å²) < 4.78 is 33.0. The molecule has 7 heteroatoms. The number of hydrogen-bond donors (Lipinski definition) is 1. The summed E-state index contributed by atoms with van der Waals surface area (Å²) in [4.78, 5) is 4.88. The first-order valence-electron chi connectivity index (χ1n) is 8.85. The smallest absolute Gasteiger partial charge is 0.244 e. The second kappa shape index (κ2) is 7.40. The minimum Gasteiger partial charge on any atom is -0.338 e. The normalized spacial score (nSPS) is 17.1. The van der Waals surface area contributed by atoms with Crippen molar-refractivity contribution in [3.05, 3.63) is 77.4 Å². The fourth-order valence-corrected chi connectivity index (χ4v) is 4.42. The molecule has 1 saturated carbocycles. The molecule has 1 fully saturated rings. The second-order valence-corrected chi connectivity index (χ2v) is 7.95. The molecule has 1 heterocycles. The lowest BCUT2D eigenvalue weighted by molar-refractivity contribution is 0.351. The SMILES string of the molecule is NC1(c2noc(C(Sc3ccc(F)cc3F)c3ccccc3)n2)CCCC1. The zero-order chi connectivity index (χ0) is 18.9. The summed E-state index contributed by atoms with van der Waals surface area (Å²) in [7, 11) is 0. The standard InChI is InChI=1S/C20H19F2N3OS/c21-14-8-9-16(15(22)12-14)27-17(13-6-2-1-3-7-13)18-24-19(25-26-18)20(23)10-4-5-11-20/h1-3,6-9,12,17H,4-5,10-11,23H2. The van der Waals surface area contributed by atoms with Crippen molar-refractivity contribution >= 4 is 11.8 Å². The van der Waals surface area contributed by atoms with Crippen LogP contribution in [0.25, 0.3) is 0 Å². The van der Waals surface area contributed by atoms with Gasteiger partial charge in [0.2, 0.25) is 5.89 Å². The van der Waals surface area contributed by atoms with E-state index >= 15 is 0 Å². The van der Waals surface area contributed by atoms with Crippen LogP contribution in [-0.2, 0) is 5.54 Å². The molecule has 0 spiro atoms. The van der Waals surface area contributed by atoms with Crippen LogP contribution in [0.2, 0.25) is 0 Å². The molecule has 4 rings (SSSR count). The Morgan fingerprint density at radius 2 is 1.81 bits per heavy atom. The van der Waals surface area contributed by atoms with E-state index in [1.807, 2.05) is 30.3 Å². The van der Waals surface area contributed by atoms with Gasteiger partial charge in [0.1, 0.15) is 16.9 Å². The molecule has 0 saturated heterocycles. The van der Waals surface area contributed by atoms with Gasteiger partial charge < -0.3 is 10.3 Å². The number of aromatic nitrogens is 2. The maximum atomic E-state index is 14.2. The maximum Gasteiger partial charge on any atom is 0.244 e. The summed E-state index contributed by atoms with van der Waals surface area (Å²) in [5, 5.41) is 3.70.